The minimum atomic E-state index is 0.780. The van der Waals surface area contributed by atoms with Crippen molar-refractivity contribution in [2.45, 2.75) is 19.9 Å². The second-order valence-electron chi connectivity index (χ2n) is 5.63. The molecule has 21 heavy (non-hydrogen) atoms. The third kappa shape index (κ3) is 4.76. The molecule has 1 heterocycles. The molecule has 0 amide bonds. The molecule has 1 aromatic heterocycles. The molecular formula is C17H27N3O. The van der Waals surface area contributed by atoms with Crippen LogP contribution in [0.1, 0.15) is 13.3 Å². The quantitative estimate of drug-likeness (QED) is 0.720. The van der Waals surface area contributed by atoms with Crippen molar-refractivity contribution in [2.24, 2.45) is 0 Å². The minimum absolute atomic E-state index is 0.780. The lowest BCUT2D eigenvalue weighted by Gasteiger charge is -2.11. The highest BCUT2D eigenvalue weighted by Gasteiger charge is 2.02. The van der Waals surface area contributed by atoms with Gasteiger partial charge >= 0.3 is 0 Å². The summed E-state index contributed by atoms with van der Waals surface area (Å²) in [5.74, 6) is 0.964. The van der Waals surface area contributed by atoms with Crippen LogP contribution in [-0.2, 0) is 6.54 Å². The summed E-state index contributed by atoms with van der Waals surface area (Å²) in [6.07, 6.45) is 3.19. The molecule has 0 aliphatic carbocycles. The summed E-state index contributed by atoms with van der Waals surface area (Å²) in [5.41, 5.74) is 1.27. The van der Waals surface area contributed by atoms with E-state index in [0.29, 0.717) is 0 Å². The van der Waals surface area contributed by atoms with Crippen LogP contribution in [-0.4, -0.2) is 49.8 Å². The Bertz CT molecular complexity index is 548. The molecule has 0 radical (unpaired) electrons. The van der Waals surface area contributed by atoms with Gasteiger partial charge < -0.3 is 19.5 Å². The van der Waals surface area contributed by atoms with Crippen molar-refractivity contribution in [3.8, 4) is 5.75 Å². The number of fused-ring (bicyclic) bond motifs is 1. The molecule has 0 atom stereocenters. The first-order chi connectivity index (χ1) is 10.2. The number of hydrogen-bond donors (Lipinski definition) is 1. The Balaban J connectivity index is 1.89. The zero-order chi connectivity index (χ0) is 15.1. The predicted molar refractivity (Wildman–Crippen MR) is 89.1 cm³/mol. The lowest BCUT2D eigenvalue weighted by molar-refractivity contribution is 0.318. The lowest BCUT2D eigenvalue weighted by Crippen LogP contribution is -2.28. The highest BCUT2D eigenvalue weighted by molar-refractivity contribution is 5.81. The first-order valence-electron chi connectivity index (χ1n) is 7.78. The first kappa shape index (κ1) is 15.9. The highest BCUT2D eigenvalue weighted by atomic mass is 16.5. The van der Waals surface area contributed by atoms with Gasteiger partial charge in [-0.25, -0.2) is 0 Å². The van der Waals surface area contributed by atoms with E-state index in [4.69, 9.17) is 4.74 Å². The zero-order valence-electron chi connectivity index (χ0n) is 13.4. The molecule has 0 fully saturated rings. The number of hydrogen-bond acceptors (Lipinski definition) is 3. The monoisotopic (exact) mass is 289 g/mol. The third-order valence-corrected chi connectivity index (χ3v) is 3.48. The van der Waals surface area contributed by atoms with E-state index in [0.717, 1.165) is 45.0 Å². The summed E-state index contributed by atoms with van der Waals surface area (Å²) in [4.78, 5) is 2.19. The molecule has 1 N–H and O–H groups in total. The average molecular weight is 289 g/mol. The maximum absolute atomic E-state index is 5.68. The van der Waals surface area contributed by atoms with Gasteiger partial charge in [-0.3, -0.25) is 0 Å². The molecule has 0 unspecified atom stereocenters. The fourth-order valence-electron chi connectivity index (χ4n) is 2.31. The van der Waals surface area contributed by atoms with Gasteiger partial charge in [-0.1, -0.05) is 6.92 Å². The largest absolute Gasteiger partial charge is 0.494 e. The van der Waals surface area contributed by atoms with Crippen LogP contribution in [0.4, 0.5) is 0 Å². The number of likely N-dealkylation sites (N-methyl/N-ethyl adjacent to an activating group) is 1. The second kappa shape index (κ2) is 8.05. The average Bonchev–Trinajstić information content (AvgIpc) is 2.87. The number of nitrogens with zero attached hydrogens (tertiary/aromatic N) is 2. The summed E-state index contributed by atoms with van der Waals surface area (Å²) in [6, 6.07) is 8.50. The van der Waals surface area contributed by atoms with Gasteiger partial charge in [-0.2, -0.15) is 0 Å². The lowest BCUT2D eigenvalue weighted by atomic mass is 10.2. The van der Waals surface area contributed by atoms with Gasteiger partial charge in [0.1, 0.15) is 5.75 Å². The van der Waals surface area contributed by atoms with E-state index in [-0.39, 0.29) is 0 Å². The summed E-state index contributed by atoms with van der Waals surface area (Å²) < 4.78 is 7.97. The van der Waals surface area contributed by atoms with Gasteiger partial charge in [0.2, 0.25) is 0 Å². The van der Waals surface area contributed by atoms with E-state index in [9.17, 15) is 0 Å². The fraction of sp³-hybridized carbons (Fsp3) is 0.529. The number of benzene rings is 1. The molecule has 0 bridgehead atoms. The number of aromatic nitrogens is 1. The second-order valence-corrected chi connectivity index (χ2v) is 5.63. The van der Waals surface area contributed by atoms with Crippen LogP contribution in [0, 0.1) is 0 Å². The molecule has 0 saturated carbocycles. The Morgan fingerprint density at radius 1 is 1.19 bits per heavy atom. The van der Waals surface area contributed by atoms with Gasteiger partial charge in [-0.05, 0) is 44.8 Å². The Morgan fingerprint density at radius 2 is 2.05 bits per heavy atom. The van der Waals surface area contributed by atoms with Gasteiger partial charge in [0, 0.05) is 43.3 Å². The van der Waals surface area contributed by atoms with Crippen molar-refractivity contribution in [2.75, 3.05) is 40.3 Å². The Kier molecular flexibility index (Phi) is 6.08. The van der Waals surface area contributed by atoms with Gasteiger partial charge in [0.05, 0.1) is 6.61 Å². The van der Waals surface area contributed by atoms with E-state index < -0.39 is 0 Å². The van der Waals surface area contributed by atoms with Crippen LogP contribution in [0.2, 0.25) is 0 Å². The standard InChI is InChI=1S/C17H27N3O/c1-4-13-21-16-5-6-17-15(14-16)7-10-20(17)12-9-18-8-11-19(2)3/h5-7,10,14,18H,4,8-9,11-13H2,1-3H3. The molecule has 1 aromatic carbocycles. The van der Waals surface area contributed by atoms with Crippen molar-refractivity contribution >= 4 is 10.9 Å². The minimum Gasteiger partial charge on any atom is -0.494 e. The highest BCUT2D eigenvalue weighted by Crippen LogP contribution is 2.22. The zero-order valence-corrected chi connectivity index (χ0v) is 13.4. The summed E-state index contributed by atoms with van der Waals surface area (Å²) in [5, 5.41) is 4.72. The van der Waals surface area contributed by atoms with E-state index in [1.54, 1.807) is 0 Å². The Morgan fingerprint density at radius 3 is 2.81 bits per heavy atom. The van der Waals surface area contributed by atoms with Crippen molar-refractivity contribution in [3.05, 3.63) is 30.5 Å². The van der Waals surface area contributed by atoms with Crippen molar-refractivity contribution in [1.29, 1.82) is 0 Å². The summed E-state index contributed by atoms with van der Waals surface area (Å²) >= 11 is 0. The van der Waals surface area contributed by atoms with E-state index in [2.05, 4.69) is 66.3 Å². The smallest absolute Gasteiger partial charge is 0.120 e. The molecule has 4 nitrogen and oxygen atoms in total. The topological polar surface area (TPSA) is 29.4 Å². The molecular weight excluding hydrogens is 262 g/mol. The van der Waals surface area contributed by atoms with Crippen LogP contribution in [0.25, 0.3) is 10.9 Å². The molecule has 0 aliphatic rings. The third-order valence-electron chi connectivity index (χ3n) is 3.48. The molecule has 116 valence electrons. The summed E-state index contributed by atoms with van der Waals surface area (Å²) in [6.45, 7) is 6.99. The molecule has 4 heteroatoms. The molecule has 2 aromatic rings. The van der Waals surface area contributed by atoms with E-state index in [1.165, 1.54) is 10.9 Å². The Hall–Kier alpha value is -1.52. The number of nitrogens with one attached hydrogen (secondary N) is 1. The fourth-order valence-corrected chi connectivity index (χ4v) is 2.31. The van der Waals surface area contributed by atoms with Gasteiger partial charge in [0.15, 0.2) is 0 Å². The van der Waals surface area contributed by atoms with Crippen molar-refractivity contribution < 1.29 is 4.74 Å². The first-order valence-corrected chi connectivity index (χ1v) is 7.78. The van der Waals surface area contributed by atoms with Crippen LogP contribution >= 0.6 is 0 Å². The molecule has 0 saturated heterocycles. The van der Waals surface area contributed by atoms with E-state index in [1.807, 2.05) is 0 Å². The Labute approximate surface area is 127 Å². The van der Waals surface area contributed by atoms with Crippen molar-refractivity contribution in [3.63, 3.8) is 0 Å². The van der Waals surface area contributed by atoms with Crippen LogP contribution < -0.4 is 10.1 Å². The van der Waals surface area contributed by atoms with Crippen LogP contribution in [0.5, 0.6) is 5.75 Å². The predicted octanol–water partition coefficient (Wildman–Crippen LogP) is 2.58. The van der Waals surface area contributed by atoms with E-state index >= 15 is 0 Å². The van der Waals surface area contributed by atoms with Gasteiger partial charge in [0.25, 0.3) is 0 Å². The van der Waals surface area contributed by atoms with Crippen LogP contribution in [0.15, 0.2) is 30.5 Å². The molecule has 0 aliphatic heterocycles. The van der Waals surface area contributed by atoms with Crippen LogP contribution in [0.3, 0.4) is 0 Å². The maximum Gasteiger partial charge on any atom is 0.120 e. The molecule has 2 rings (SSSR count). The van der Waals surface area contributed by atoms with Crippen molar-refractivity contribution in [1.82, 2.24) is 14.8 Å². The normalized spacial score (nSPS) is 11.4. The number of ether oxygens (including phenoxy) is 1. The SMILES string of the molecule is CCCOc1ccc2c(ccn2CCNCCN(C)C)c1. The maximum atomic E-state index is 5.68. The molecule has 0 spiro atoms. The number of rotatable bonds is 9. The van der Waals surface area contributed by atoms with Gasteiger partial charge in [-0.15, -0.1) is 0 Å². The summed E-state index contributed by atoms with van der Waals surface area (Å²) in [7, 11) is 4.19.